The highest BCUT2D eigenvalue weighted by molar-refractivity contribution is 6.33. The van der Waals surface area contributed by atoms with E-state index in [4.69, 9.17) is 23.2 Å². The third-order valence-electron chi connectivity index (χ3n) is 4.07. The summed E-state index contributed by atoms with van der Waals surface area (Å²) in [7, 11) is 1.28. The maximum absolute atomic E-state index is 12.4. The number of halogens is 2. The molecule has 1 N–H and O–H groups in total. The quantitative estimate of drug-likeness (QED) is 0.812. The maximum Gasteiger partial charge on any atom is 0.339 e. The van der Waals surface area contributed by atoms with E-state index in [2.05, 4.69) is 10.1 Å². The lowest BCUT2D eigenvalue weighted by molar-refractivity contribution is -0.117. The molecule has 0 bridgehead atoms. The Morgan fingerprint density at radius 3 is 2.58 bits per heavy atom. The molecule has 0 saturated heterocycles. The van der Waals surface area contributed by atoms with E-state index < -0.39 is 5.97 Å². The molecule has 0 aliphatic heterocycles. The lowest BCUT2D eigenvalue weighted by atomic mass is 10.1. The van der Waals surface area contributed by atoms with E-state index in [9.17, 15) is 9.59 Å². The van der Waals surface area contributed by atoms with Gasteiger partial charge in [-0.3, -0.25) is 4.79 Å². The SMILES string of the molecule is COC(=O)c1cc(NC(=O)C2CC2c2ccccc2Cl)ccc1Cl. The number of carbonyl (C=O) groups excluding carboxylic acids is 2. The van der Waals surface area contributed by atoms with Gasteiger partial charge in [0.2, 0.25) is 5.91 Å². The van der Waals surface area contributed by atoms with Crippen molar-refractivity contribution in [2.45, 2.75) is 12.3 Å². The standard InChI is InChI=1S/C18H15Cl2NO3/c1-24-18(23)14-8-10(6-7-16(14)20)21-17(22)13-9-12(13)11-4-2-3-5-15(11)19/h2-8,12-13H,9H2,1H3,(H,21,22). The van der Waals surface area contributed by atoms with Gasteiger partial charge in [0, 0.05) is 16.6 Å². The molecular formula is C18H15Cl2NO3. The second kappa shape index (κ2) is 6.83. The number of nitrogens with one attached hydrogen (secondary N) is 1. The largest absolute Gasteiger partial charge is 0.465 e. The first kappa shape index (κ1) is 16.8. The van der Waals surface area contributed by atoms with E-state index in [0.717, 1.165) is 12.0 Å². The average Bonchev–Trinajstić information content (AvgIpc) is 3.37. The van der Waals surface area contributed by atoms with Crippen molar-refractivity contribution < 1.29 is 14.3 Å². The van der Waals surface area contributed by atoms with Gasteiger partial charge in [-0.25, -0.2) is 4.79 Å². The molecule has 0 radical (unpaired) electrons. The van der Waals surface area contributed by atoms with Gasteiger partial charge in [-0.15, -0.1) is 0 Å². The number of esters is 1. The third-order valence-corrected chi connectivity index (χ3v) is 4.74. The zero-order valence-electron chi connectivity index (χ0n) is 12.9. The predicted molar refractivity (Wildman–Crippen MR) is 93.7 cm³/mol. The Hall–Kier alpha value is -2.04. The molecule has 1 amide bonds. The number of benzene rings is 2. The summed E-state index contributed by atoms with van der Waals surface area (Å²) >= 11 is 12.2. The zero-order valence-corrected chi connectivity index (χ0v) is 14.4. The second-order valence-corrected chi connectivity index (χ2v) is 6.46. The smallest absolute Gasteiger partial charge is 0.339 e. The Kier molecular flexibility index (Phi) is 4.78. The maximum atomic E-state index is 12.4. The first-order chi connectivity index (χ1) is 11.5. The highest BCUT2D eigenvalue weighted by Crippen LogP contribution is 2.50. The van der Waals surface area contributed by atoms with Crippen LogP contribution in [0.2, 0.25) is 10.0 Å². The van der Waals surface area contributed by atoms with Crippen LogP contribution in [-0.4, -0.2) is 19.0 Å². The van der Waals surface area contributed by atoms with Gasteiger partial charge < -0.3 is 10.1 Å². The number of hydrogen-bond donors (Lipinski definition) is 1. The van der Waals surface area contributed by atoms with E-state index in [0.29, 0.717) is 10.7 Å². The summed E-state index contributed by atoms with van der Waals surface area (Å²) in [6, 6.07) is 12.3. The lowest BCUT2D eigenvalue weighted by Gasteiger charge is -2.08. The summed E-state index contributed by atoms with van der Waals surface area (Å²) in [6.45, 7) is 0. The topological polar surface area (TPSA) is 55.4 Å². The van der Waals surface area contributed by atoms with Crippen molar-refractivity contribution in [1.82, 2.24) is 0 Å². The molecular weight excluding hydrogens is 349 g/mol. The van der Waals surface area contributed by atoms with Crippen molar-refractivity contribution in [1.29, 1.82) is 0 Å². The monoisotopic (exact) mass is 363 g/mol. The van der Waals surface area contributed by atoms with Gasteiger partial charge in [0.1, 0.15) is 0 Å². The van der Waals surface area contributed by atoms with E-state index in [-0.39, 0.29) is 28.3 Å². The number of ether oxygens (including phenoxy) is 1. The molecule has 6 heteroatoms. The van der Waals surface area contributed by atoms with Gasteiger partial charge in [-0.2, -0.15) is 0 Å². The Balaban J connectivity index is 1.71. The Morgan fingerprint density at radius 1 is 1.12 bits per heavy atom. The van der Waals surface area contributed by atoms with Crippen molar-refractivity contribution in [3.63, 3.8) is 0 Å². The molecule has 3 rings (SSSR count). The number of hydrogen-bond acceptors (Lipinski definition) is 3. The molecule has 1 aliphatic carbocycles. The van der Waals surface area contributed by atoms with Crippen LogP contribution in [0.25, 0.3) is 0 Å². The predicted octanol–water partition coefficient (Wildman–Crippen LogP) is 4.52. The summed E-state index contributed by atoms with van der Waals surface area (Å²) in [5.74, 6) is -0.636. The molecule has 1 aliphatic rings. The summed E-state index contributed by atoms with van der Waals surface area (Å²) in [5, 5.41) is 3.78. The number of rotatable bonds is 4. The minimum Gasteiger partial charge on any atom is -0.465 e. The summed E-state index contributed by atoms with van der Waals surface area (Å²) in [4.78, 5) is 24.1. The molecule has 0 aromatic heterocycles. The molecule has 2 aromatic rings. The van der Waals surface area contributed by atoms with Crippen molar-refractivity contribution in [2.24, 2.45) is 5.92 Å². The van der Waals surface area contributed by atoms with E-state index in [1.165, 1.54) is 13.2 Å². The van der Waals surface area contributed by atoms with Gasteiger partial charge >= 0.3 is 5.97 Å². The fourth-order valence-electron chi connectivity index (χ4n) is 2.71. The van der Waals surface area contributed by atoms with Crippen LogP contribution in [0.1, 0.15) is 28.3 Å². The first-order valence-electron chi connectivity index (χ1n) is 7.44. The van der Waals surface area contributed by atoms with Crippen LogP contribution < -0.4 is 5.32 Å². The normalized spacial score (nSPS) is 18.8. The molecule has 2 atom stereocenters. The molecule has 4 nitrogen and oxygen atoms in total. The first-order valence-corrected chi connectivity index (χ1v) is 8.20. The fourth-order valence-corrected chi connectivity index (χ4v) is 3.18. The average molecular weight is 364 g/mol. The third kappa shape index (κ3) is 3.40. The van der Waals surface area contributed by atoms with Gasteiger partial charge in [-0.05, 0) is 42.2 Å². The number of methoxy groups -OCH3 is 1. The summed E-state index contributed by atoms with van der Waals surface area (Å²) in [5.41, 5.74) is 1.72. The van der Waals surface area contributed by atoms with Gasteiger partial charge in [-0.1, -0.05) is 41.4 Å². The summed E-state index contributed by atoms with van der Waals surface area (Å²) < 4.78 is 4.67. The van der Waals surface area contributed by atoms with Crippen molar-refractivity contribution >= 4 is 40.8 Å². The van der Waals surface area contributed by atoms with E-state index >= 15 is 0 Å². The van der Waals surface area contributed by atoms with Crippen LogP contribution in [0.15, 0.2) is 42.5 Å². The lowest BCUT2D eigenvalue weighted by Crippen LogP contribution is -2.15. The molecule has 1 saturated carbocycles. The molecule has 0 heterocycles. The molecule has 0 spiro atoms. The van der Waals surface area contributed by atoms with Crippen LogP contribution >= 0.6 is 23.2 Å². The number of amides is 1. The van der Waals surface area contributed by atoms with Crippen molar-refractivity contribution in [3.8, 4) is 0 Å². The number of anilines is 1. The summed E-state index contributed by atoms with van der Waals surface area (Å²) in [6.07, 6.45) is 0.757. The molecule has 1 fully saturated rings. The van der Waals surface area contributed by atoms with Crippen molar-refractivity contribution in [2.75, 3.05) is 12.4 Å². The minimum absolute atomic E-state index is 0.0990. The van der Waals surface area contributed by atoms with Crippen LogP contribution in [-0.2, 0) is 9.53 Å². The van der Waals surface area contributed by atoms with Gasteiger partial charge in [0.25, 0.3) is 0 Å². The Morgan fingerprint density at radius 2 is 1.88 bits per heavy atom. The van der Waals surface area contributed by atoms with Crippen LogP contribution in [0.5, 0.6) is 0 Å². The Bertz CT molecular complexity index is 807. The minimum atomic E-state index is -0.545. The zero-order chi connectivity index (χ0) is 17.3. The highest BCUT2D eigenvalue weighted by atomic mass is 35.5. The van der Waals surface area contributed by atoms with E-state index in [1.807, 2.05) is 24.3 Å². The molecule has 124 valence electrons. The Labute approximate surface area is 149 Å². The van der Waals surface area contributed by atoms with Crippen LogP contribution in [0.3, 0.4) is 0 Å². The van der Waals surface area contributed by atoms with Gasteiger partial charge in [0.05, 0.1) is 17.7 Å². The number of carbonyl (C=O) groups is 2. The van der Waals surface area contributed by atoms with Crippen molar-refractivity contribution in [3.05, 3.63) is 63.6 Å². The molecule has 2 aromatic carbocycles. The second-order valence-electron chi connectivity index (χ2n) is 5.65. The van der Waals surface area contributed by atoms with Crippen LogP contribution in [0, 0.1) is 5.92 Å². The van der Waals surface area contributed by atoms with Crippen LogP contribution in [0.4, 0.5) is 5.69 Å². The highest BCUT2D eigenvalue weighted by Gasteiger charge is 2.44. The van der Waals surface area contributed by atoms with Gasteiger partial charge in [0.15, 0.2) is 0 Å². The molecule has 24 heavy (non-hydrogen) atoms. The van der Waals surface area contributed by atoms with E-state index in [1.54, 1.807) is 12.1 Å². The fraction of sp³-hybridized carbons (Fsp3) is 0.222. The molecule has 2 unspecified atom stereocenters.